The number of methoxy groups -OCH3 is 1. The number of benzene rings is 2. The van der Waals surface area contributed by atoms with Crippen molar-refractivity contribution < 1.29 is 14.3 Å². The summed E-state index contributed by atoms with van der Waals surface area (Å²) in [5.74, 6) is 0.571. The zero-order chi connectivity index (χ0) is 18.2. The average molecular weight is 340 g/mol. The lowest BCUT2D eigenvalue weighted by Gasteiger charge is -2.23. The number of nitrogens with one attached hydrogen (secondary N) is 1. The van der Waals surface area contributed by atoms with Gasteiger partial charge in [-0.3, -0.25) is 9.59 Å². The molecule has 2 aromatic carbocycles. The molecule has 1 N–H and O–H groups in total. The molecule has 5 nitrogen and oxygen atoms in total. The third-order valence-electron chi connectivity index (χ3n) is 3.94. The van der Waals surface area contributed by atoms with Gasteiger partial charge in [-0.05, 0) is 23.3 Å². The van der Waals surface area contributed by atoms with Crippen molar-refractivity contribution in [1.29, 1.82) is 0 Å². The number of rotatable bonds is 7. The van der Waals surface area contributed by atoms with Gasteiger partial charge in [0, 0.05) is 20.5 Å². The van der Waals surface area contributed by atoms with Gasteiger partial charge >= 0.3 is 0 Å². The molecule has 2 rings (SSSR count). The third-order valence-corrected chi connectivity index (χ3v) is 3.94. The lowest BCUT2D eigenvalue weighted by Crippen LogP contribution is -2.33. The number of nitrogens with zero attached hydrogens (tertiary/aromatic N) is 1. The number of carbonyl (C=O) groups excluding carboxylic acids is 2. The Morgan fingerprint density at radius 3 is 2.48 bits per heavy atom. The van der Waals surface area contributed by atoms with Crippen molar-refractivity contribution in [2.45, 2.75) is 25.9 Å². The van der Waals surface area contributed by atoms with Crippen LogP contribution in [0.5, 0.6) is 5.75 Å². The first kappa shape index (κ1) is 18.5. The lowest BCUT2D eigenvalue weighted by atomic mass is 10.0. The molecule has 1 unspecified atom stereocenters. The van der Waals surface area contributed by atoms with Gasteiger partial charge in [-0.15, -0.1) is 0 Å². The summed E-state index contributed by atoms with van der Waals surface area (Å²) in [5.41, 5.74) is 1.91. The molecular formula is C20H24N2O3. The van der Waals surface area contributed by atoms with Crippen molar-refractivity contribution in [3.05, 3.63) is 65.7 Å². The first-order valence-electron chi connectivity index (χ1n) is 8.18. The second-order valence-corrected chi connectivity index (χ2v) is 5.97. The molecule has 0 radical (unpaired) electrons. The van der Waals surface area contributed by atoms with Crippen LogP contribution in [0.2, 0.25) is 0 Å². The Labute approximate surface area is 148 Å². The second-order valence-electron chi connectivity index (χ2n) is 5.97. The number of hydrogen-bond donors (Lipinski definition) is 1. The minimum Gasteiger partial charge on any atom is -0.497 e. The minimum absolute atomic E-state index is 0.0366. The van der Waals surface area contributed by atoms with Crippen molar-refractivity contribution >= 4 is 11.8 Å². The van der Waals surface area contributed by atoms with Gasteiger partial charge in [0.25, 0.3) is 0 Å². The number of amides is 2. The van der Waals surface area contributed by atoms with Crippen LogP contribution in [0, 0.1) is 0 Å². The van der Waals surface area contributed by atoms with Crippen LogP contribution in [0.4, 0.5) is 0 Å². The predicted octanol–water partition coefficient (Wildman–Crippen LogP) is 2.92. The van der Waals surface area contributed by atoms with Crippen LogP contribution in [0.1, 0.15) is 30.5 Å². The van der Waals surface area contributed by atoms with E-state index >= 15 is 0 Å². The van der Waals surface area contributed by atoms with Gasteiger partial charge < -0.3 is 15.0 Å². The van der Waals surface area contributed by atoms with Crippen molar-refractivity contribution in [1.82, 2.24) is 10.2 Å². The summed E-state index contributed by atoms with van der Waals surface area (Å²) in [7, 11) is 3.38. The molecule has 1 atom stereocenters. The normalized spacial score (nSPS) is 11.5. The van der Waals surface area contributed by atoms with Crippen LogP contribution in [0.25, 0.3) is 0 Å². The zero-order valence-electron chi connectivity index (χ0n) is 14.9. The first-order chi connectivity index (χ1) is 12.0. The Hall–Kier alpha value is -2.82. The molecule has 0 saturated carbocycles. The van der Waals surface area contributed by atoms with Gasteiger partial charge in [-0.1, -0.05) is 42.5 Å². The summed E-state index contributed by atoms with van der Waals surface area (Å²) in [5, 5.41) is 2.86. The summed E-state index contributed by atoms with van der Waals surface area (Å²) >= 11 is 0. The maximum Gasteiger partial charge on any atom is 0.225 e. The Kier molecular flexibility index (Phi) is 6.57. The smallest absolute Gasteiger partial charge is 0.225 e. The van der Waals surface area contributed by atoms with Crippen LogP contribution in [-0.4, -0.2) is 30.9 Å². The second kappa shape index (κ2) is 8.87. The van der Waals surface area contributed by atoms with E-state index in [1.807, 2.05) is 54.6 Å². The van der Waals surface area contributed by atoms with Gasteiger partial charge in [0.15, 0.2) is 0 Å². The molecule has 0 heterocycles. The van der Waals surface area contributed by atoms with Crippen LogP contribution >= 0.6 is 0 Å². The van der Waals surface area contributed by atoms with E-state index in [2.05, 4.69) is 5.32 Å². The Morgan fingerprint density at radius 2 is 1.84 bits per heavy atom. The maximum atomic E-state index is 12.6. The average Bonchev–Trinajstić information content (AvgIpc) is 2.61. The highest BCUT2D eigenvalue weighted by molar-refractivity contribution is 5.79. The molecule has 132 valence electrons. The van der Waals surface area contributed by atoms with Gasteiger partial charge in [0.2, 0.25) is 11.8 Å². The van der Waals surface area contributed by atoms with Gasteiger partial charge in [0.05, 0.1) is 19.6 Å². The fourth-order valence-electron chi connectivity index (χ4n) is 2.65. The van der Waals surface area contributed by atoms with Crippen LogP contribution < -0.4 is 10.1 Å². The summed E-state index contributed by atoms with van der Waals surface area (Å²) in [6, 6.07) is 16.8. The van der Waals surface area contributed by atoms with Crippen molar-refractivity contribution in [3.8, 4) is 5.75 Å². The quantitative estimate of drug-likeness (QED) is 0.843. The van der Waals surface area contributed by atoms with E-state index in [0.29, 0.717) is 6.54 Å². The topological polar surface area (TPSA) is 58.6 Å². The van der Waals surface area contributed by atoms with E-state index in [4.69, 9.17) is 4.74 Å². The van der Waals surface area contributed by atoms with Gasteiger partial charge in [-0.25, -0.2) is 0 Å². The molecule has 0 fully saturated rings. The molecule has 0 aliphatic carbocycles. The largest absolute Gasteiger partial charge is 0.497 e. The summed E-state index contributed by atoms with van der Waals surface area (Å²) in [6.45, 7) is 1.94. The monoisotopic (exact) mass is 340 g/mol. The Bertz CT molecular complexity index is 716. The summed E-state index contributed by atoms with van der Waals surface area (Å²) in [6.07, 6.45) is 0.212. The van der Waals surface area contributed by atoms with E-state index in [1.54, 1.807) is 19.1 Å². The van der Waals surface area contributed by atoms with Gasteiger partial charge in [0.1, 0.15) is 5.75 Å². The highest BCUT2D eigenvalue weighted by Crippen LogP contribution is 2.19. The molecule has 0 saturated heterocycles. The van der Waals surface area contributed by atoms with Crippen molar-refractivity contribution in [2.75, 3.05) is 14.2 Å². The predicted molar refractivity (Wildman–Crippen MR) is 97.1 cm³/mol. The van der Waals surface area contributed by atoms with E-state index in [1.165, 1.54) is 6.92 Å². The molecule has 0 bridgehead atoms. The first-order valence-corrected chi connectivity index (χ1v) is 8.18. The Balaban J connectivity index is 2.05. The highest BCUT2D eigenvalue weighted by Gasteiger charge is 2.19. The molecule has 0 aromatic heterocycles. The molecule has 0 aliphatic rings. The van der Waals surface area contributed by atoms with E-state index in [0.717, 1.165) is 16.9 Å². The molecule has 2 amide bonds. The van der Waals surface area contributed by atoms with E-state index in [-0.39, 0.29) is 24.3 Å². The summed E-state index contributed by atoms with van der Waals surface area (Å²) < 4.78 is 5.21. The standard InChI is InChI=1S/C20H24N2O3/c1-15(23)21-19(17-9-5-4-6-10-17)13-20(24)22(2)14-16-8-7-11-18(12-16)25-3/h4-12,19H,13-14H2,1-3H3,(H,21,23). The maximum absolute atomic E-state index is 12.6. The lowest BCUT2D eigenvalue weighted by molar-refractivity contribution is -0.131. The van der Waals surface area contributed by atoms with Gasteiger partial charge in [-0.2, -0.15) is 0 Å². The molecule has 0 aliphatic heterocycles. The van der Waals surface area contributed by atoms with Crippen LogP contribution in [0.3, 0.4) is 0 Å². The molecule has 25 heavy (non-hydrogen) atoms. The molecule has 5 heteroatoms. The summed E-state index contributed by atoms with van der Waals surface area (Å²) in [4.78, 5) is 25.8. The van der Waals surface area contributed by atoms with E-state index < -0.39 is 0 Å². The molecule has 0 spiro atoms. The number of hydrogen-bond acceptors (Lipinski definition) is 3. The van der Waals surface area contributed by atoms with Crippen molar-refractivity contribution in [3.63, 3.8) is 0 Å². The third kappa shape index (κ3) is 5.64. The zero-order valence-corrected chi connectivity index (χ0v) is 14.9. The SMILES string of the molecule is COc1cccc(CN(C)C(=O)CC(NC(C)=O)c2ccccc2)c1. The number of ether oxygens (including phenoxy) is 1. The Morgan fingerprint density at radius 1 is 1.12 bits per heavy atom. The van der Waals surface area contributed by atoms with Crippen LogP contribution in [-0.2, 0) is 16.1 Å². The van der Waals surface area contributed by atoms with Crippen LogP contribution in [0.15, 0.2) is 54.6 Å². The molecule has 2 aromatic rings. The molecular weight excluding hydrogens is 316 g/mol. The fourth-order valence-corrected chi connectivity index (χ4v) is 2.65. The van der Waals surface area contributed by atoms with Crippen molar-refractivity contribution in [2.24, 2.45) is 0 Å². The van der Waals surface area contributed by atoms with E-state index in [9.17, 15) is 9.59 Å². The highest BCUT2D eigenvalue weighted by atomic mass is 16.5. The fraction of sp³-hybridized carbons (Fsp3) is 0.300. The number of carbonyl (C=O) groups is 2. The minimum atomic E-state index is -0.334.